The van der Waals surface area contributed by atoms with E-state index in [9.17, 15) is 4.79 Å². The summed E-state index contributed by atoms with van der Waals surface area (Å²) < 4.78 is 8.19. The van der Waals surface area contributed by atoms with Crippen molar-refractivity contribution in [3.63, 3.8) is 0 Å². The molecule has 0 aliphatic carbocycles. The first-order valence-corrected chi connectivity index (χ1v) is 3.59. The first kappa shape index (κ1) is 11.1. The zero-order valence-corrected chi connectivity index (χ0v) is 7.76. The van der Waals surface area contributed by atoms with Crippen LogP contribution in [0.3, 0.4) is 0 Å². The van der Waals surface area contributed by atoms with Crippen LogP contribution < -0.4 is 5.43 Å². The van der Waals surface area contributed by atoms with Gasteiger partial charge in [0.15, 0.2) is 0 Å². The number of rotatable bonds is 0. The van der Waals surface area contributed by atoms with Crippen molar-refractivity contribution in [2.75, 3.05) is 0 Å². The van der Waals surface area contributed by atoms with E-state index in [1.807, 2.05) is 0 Å². The van der Waals surface area contributed by atoms with Gasteiger partial charge in [0, 0.05) is 5.75 Å². The summed E-state index contributed by atoms with van der Waals surface area (Å²) in [6.45, 7) is 1.71. The summed E-state index contributed by atoms with van der Waals surface area (Å²) in [5.41, 5.74) is 0.198. The second-order valence-corrected chi connectivity index (χ2v) is 1.94. The fourth-order valence-corrected chi connectivity index (χ4v) is 0.597. The van der Waals surface area contributed by atoms with Gasteiger partial charge >= 0.3 is 21.0 Å². The molecular formula is C8H6O3V. The number of hydrogen-bond acceptors (Lipinski definition) is 3. The Morgan fingerprint density at radius 2 is 2.08 bits per heavy atom. The van der Waals surface area contributed by atoms with E-state index in [0.29, 0.717) is 5.56 Å². The molecule has 1 rings (SSSR count). The molecule has 0 saturated carbocycles. The van der Waals surface area contributed by atoms with Crippen LogP contribution in [0.1, 0.15) is 5.56 Å². The van der Waals surface area contributed by atoms with Gasteiger partial charge in [0.05, 0.1) is 5.43 Å². The van der Waals surface area contributed by atoms with Crippen LogP contribution in [0.25, 0.3) is 0 Å². The third-order valence-corrected chi connectivity index (χ3v) is 1.07. The predicted octanol–water partition coefficient (Wildman–Crippen LogP) is 0.540. The SMILES string of the molecule is Cc1[c-]ccc(=O)c(O)[c-]1.[O]=[V+2]. The van der Waals surface area contributed by atoms with Crippen LogP contribution in [0, 0.1) is 19.1 Å². The fourth-order valence-electron chi connectivity index (χ4n) is 0.597. The Morgan fingerprint density at radius 3 is 2.67 bits per heavy atom. The van der Waals surface area contributed by atoms with E-state index in [1.165, 1.54) is 12.1 Å². The summed E-state index contributed by atoms with van der Waals surface area (Å²) in [5, 5.41) is 8.87. The summed E-state index contributed by atoms with van der Waals surface area (Å²) in [5.74, 6) is -0.348. The maximum atomic E-state index is 10.7. The normalized spacial score (nSPS) is 8.25. The average Bonchev–Trinajstić information content (AvgIpc) is 2.19. The fraction of sp³-hybridized carbons (Fsp3) is 0.125. The molecule has 61 valence electrons. The molecule has 0 radical (unpaired) electrons. The van der Waals surface area contributed by atoms with Gasteiger partial charge < -0.3 is 16.0 Å². The minimum atomic E-state index is -0.427. The van der Waals surface area contributed by atoms with E-state index >= 15 is 0 Å². The molecule has 0 saturated heterocycles. The molecule has 3 nitrogen and oxygen atoms in total. The van der Waals surface area contributed by atoms with Crippen LogP contribution in [-0.2, 0) is 21.0 Å². The summed E-state index contributed by atoms with van der Waals surface area (Å²) in [7, 11) is 0. The van der Waals surface area contributed by atoms with Gasteiger partial charge in [-0.05, 0) is 0 Å². The van der Waals surface area contributed by atoms with Crippen molar-refractivity contribution in [1.29, 1.82) is 0 Å². The first-order chi connectivity index (χ1) is 5.70. The van der Waals surface area contributed by atoms with E-state index in [0.717, 1.165) is 17.4 Å². The van der Waals surface area contributed by atoms with Gasteiger partial charge in [-0.2, -0.15) is 0 Å². The molecule has 0 fully saturated rings. The standard InChI is InChI=1S/C8H6O2.O.V/c1-6-3-2-4-7(9)8(10)5-6;;/h2,4H,1H3,(H,9,10);;/q-2;;+2. The van der Waals surface area contributed by atoms with Gasteiger partial charge in [0.2, 0.25) is 0 Å². The van der Waals surface area contributed by atoms with Crippen LogP contribution in [0.15, 0.2) is 16.9 Å². The molecule has 0 atom stereocenters. The van der Waals surface area contributed by atoms with Gasteiger partial charge in [-0.1, -0.05) is 6.92 Å². The van der Waals surface area contributed by atoms with E-state index in [1.54, 1.807) is 6.92 Å². The van der Waals surface area contributed by atoms with E-state index in [4.69, 9.17) is 8.78 Å². The molecule has 0 spiro atoms. The molecule has 1 aromatic rings. The molecule has 0 amide bonds. The number of hydrogen-bond donors (Lipinski definition) is 1. The molecule has 0 aromatic heterocycles. The summed E-state index contributed by atoms with van der Waals surface area (Å²) >= 11 is 1.06. The van der Waals surface area contributed by atoms with Crippen LogP contribution in [0.5, 0.6) is 5.75 Å². The Labute approximate surface area is 79.3 Å². The van der Waals surface area contributed by atoms with Gasteiger partial charge in [0.25, 0.3) is 0 Å². The van der Waals surface area contributed by atoms with Crippen molar-refractivity contribution < 1.29 is 26.1 Å². The molecule has 0 bridgehead atoms. The van der Waals surface area contributed by atoms with Crippen molar-refractivity contribution in [2.24, 2.45) is 0 Å². The Bertz CT molecular complexity index is 311. The molecule has 4 heteroatoms. The monoisotopic (exact) mass is 201 g/mol. The third kappa shape index (κ3) is 3.46. The van der Waals surface area contributed by atoms with Crippen molar-refractivity contribution in [3.8, 4) is 5.75 Å². The van der Waals surface area contributed by atoms with Gasteiger partial charge in [-0.3, -0.25) is 17.7 Å². The van der Waals surface area contributed by atoms with Crippen molar-refractivity contribution in [1.82, 2.24) is 0 Å². The van der Waals surface area contributed by atoms with Crippen LogP contribution >= 0.6 is 0 Å². The Morgan fingerprint density at radius 1 is 1.50 bits per heavy atom. The molecule has 12 heavy (non-hydrogen) atoms. The zero-order valence-electron chi connectivity index (χ0n) is 6.37. The second kappa shape index (κ2) is 5.69. The third-order valence-electron chi connectivity index (χ3n) is 1.07. The molecule has 0 aliphatic heterocycles. The Balaban J connectivity index is 0.000000561. The number of aromatic hydroxyl groups is 1. The maximum absolute atomic E-state index is 10.7. The second-order valence-electron chi connectivity index (χ2n) is 1.94. The Hall–Kier alpha value is -0.926. The molecule has 0 unspecified atom stereocenters. The van der Waals surface area contributed by atoms with Crippen molar-refractivity contribution in [2.45, 2.75) is 6.92 Å². The zero-order chi connectivity index (χ0) is 9.56. The van der Waals surface area contributed by atoms with Crippen LogP contribution in [0.4, 0.5) is 0 Å². The van der Waals surface area contributed by atoms with E-state index in [2.05, 4.69) is 12.1 Å². The predicted molar refractivity (Wildman–Crippen MR) is 37.5 cm³/mol. The average molecular weight is 201 g/mol. The topological polar surface area (TPSA) is 54.4 Å². The summed E-state index contributed by atoms with van der Waals surface area (Å²) in [4.78, 5) is 10.7. The molecular weight excluding hydrogens is 195 g/mol. The summed E-state index contributed by atoms with van der Waals surface area (Å²) in [6.07, 6.45) is 0. The molecule has 0 heterocycles. The quantitative estimate of drug-likeness (QED) is 0.623. The van der Waals surface area contributed by atoms with Crippen molar-refractivity contribution in [3.05, 3.63) is 40.1 Å². The molecule has 1 N–H and O–H groups in total. The first-order valence-electron chi connectivity index (χ1n) is 3.02. The Kier molecular flexibility index (Phi) is 5.25. The van der Waals surface area contributed by atoms with Crippen LogP contribution in [-0.4, -0.2) is 5.11 Å². The van der Waals surface area contributed by atoms with Crippen molar-refractivity contribution >= 4 is 0 Å². The van der Waals surface area contributed by atoms with Gasteiger partial charge in [-0.15, -0.1) is 0 Å². The minimum absolute atomic E-state index is 0.348. The molecule has 1 aromatic carbocycles. The van der Waals surface area contributed by atoms with E-state index < -0.39 is 5.43 Å². The van der Waals surface area contributed by atoms with Crippen LogP contribution in [0.2, 0.25) is 0 Å². The molecule has 0 aliphatic rings. The summed E-state index contributed by atoms with van der Waals surface area (Å²) in [6, 6.07) is 7.90. The van der Waals surface area contributed by atoms with E-state index in [-0.39, 0.29) is 5.75 Å². The number of aryl methyl sites for hydroxylation is 1. The van der Waals surface area contributed by atoms with Gasteiger partial charge in [0.1, 0.15) is 0 Å². The van der Waals surface area contributed by atoms with Gasteiger partial charge in [-0.25, -0.2) is 6.07 Å².